The van der Waals surface area contributed by atoms with Crippen LogP contribution in [0.5, 0.6) is 0 Å². The molecule has 0 saturated heterocycles. The predicted octanol–water partition coefficient (Wildman–Crippen LogP) is 6.79. The molecule has 0 spiro atoms. The van der Waals surface area contributed by atoms with Crippen molar-refractivity contribution in [2.24, 2.45) is 0 Å². The van der Waals surface area contributed by atoms with Gasteiger partial charge < -0.3 is 10.6 Å². The summed E-state index contributed by atoms with van der Waals surface area (Å²) in [6.07, 6.45) is 18.8. The molecule has 3 nitrogen and oxygen atoms in total. The molecule has 0 bridgehead atoms. The number of benzene rings is 1. The van der Waals surface area contributed by atoms with Gasteiger partial charge in [-0.25, -0.2) is 0 Å². The molecular formula is C29H48N2O. The van der Waals surface area contributed by atoms with Gasteiger partial charge in [0.1, 0.15) is 0 Å². The second-order valence-electron chi connectivity index (χ2n) is 9.19. The highest BCUT2D eigenvalue weighted by Crippen LogP contribution is 2.13. The fraction of sp³-hybridized carbons (Fsp3) is 0.690. The van der Waals surface area contributed by atoms with Gasteiger partial charge in [0.15, 0.2) is 0 Å². The quantitative estimate of drug-likeness (QED) is 0.195. The Hall–Kier alpha value is -1.79. The molecule has 1 aromatic carbocycles. The van der Waals surface area contributed by atoms with Crippen LogP contribution >= 0.6 is 0 Å². The predicted molar refractivity (Wildman–Crippen MR) is 139 cm³/mol. The van der Waals surface area contributed by atoms with Crippen molar-refractivity contribution in [2.75, 3.05) is 13.6 Å². The first-order valence-electron chi connectivity index (χ1n) is 13.2. The topological polar surface area (TPSA) is 41.1 Å². The van der Waals surface area contributed by atoms with E-state index >= 15 is 0 Å². The van der Waals surface area contributed by atoms with Gasteiger partial charge >= 0.3 is 0 Å². The van der Waals surface area contributed by atoms with Crippen molar-refractivity contribution in [1.82, 2.24) is 10.6 Å². The lowest BCUT2D eigenvalue weighted by molar-refractivity contribution is -0.121. The molecule has 0 aliphatic heterocycles. The van der Waals surface area contributed by atoms with Crippen molar-refractivity contribution >= 4 is 5.91 Å². The van der Waals surface area contributed by atoms with Crippen LogP contribution in [0.25, 0.3) is 0 Å². The van der Waals surface area contributed by atoms with Gasteiger partial charge in [-0.15, -0.1) is 0 Å². The molecule has 1 amide bonds. The van der Waals surface area contributed by atoms with Crippen LogP contribution in [0.15, 0.2) is 24.3 Å². The van der Waals surface area contributed by atoms with Gasteiger partial charge in [-0.1, -0.05) is 108 Å². The van der Waals surface area contributed by atoms with E-state index in [-0.39, 0.29) is 11.9 Å². The maximum Gasteiger partial charge on any atom is 0.220 e. The van der Waals surface area contributed by atoms with Crippen LogP contribution in [0, 0.1) is 11.8 Å². The minimum Gasteiger partial charge on any atom is -0.353 e. The Kier molecular flexibility index (Phi) is 17.5. The van der Waals surface area contributed by atoms with E-state index in [1.54, 1.807) is 0 Å². The Bertz CT molecular complexity index is 641. The summed E-state index contributed by atoms with van der Waals surface area (Å²) in [5, 5.41) is 6.17. The van der Waals surface area contributed by atoms with Crippen LogP contribution in [0.2, 0.25) is 0 Å². The van der Waals surface area contributed by atoms with Gasteiger partial charge in [0.05, 0.1) is 6.54 Å². The molecule has 0 aliphatic carbocycles. The molecule has 0 aliphatic rings. The van der Waals surface area contributed by atoms with E-state index in [1.165, 1.54) is 82.6 Å². The number of carbonyl (C=O) groups excluding carboxylic acids is 1. The summed E-state index contributed by atoms with van der Waals surface area (Å²) in [6, 6.07) is 8.49. The zero-order valence-corrected chi connectivity index (χ0v) is 21.1. The molecule has 2 N–H and O–H groups in total. The molecule has 1 atom stereocenters. The van der Waals surface area contributed by atoms with E-state index in [9.17, 15) is 4.79 Å². The van der Waals surface area contributed by atoms with Crippen LogP contribution in [0.4, 0.5) is 0 Å². The summed E-state index contributed by atoms with van der Waals surface area (Å²) < 4.78 is 0. The lowest BCUT2D eigenvalue weighted by Gasteiger charge is -2.14. The second-order valence-corrected chi connectivity index (χ2v) is 9.19. The summed E-state index contributed by atoms with van der Waals surface area (Å²) in [4.78, 5) is 12.2. The smallest absolute Gasteiger partial charge is 0.220 e. The average Bonchev–Trinajstić information content (AvgIpc) is 2.78. The summed E-state index contributed by atoms with van der Waals surface area (Å²) in [6.45, 7) is 5.06. The zero-order chi connectivity index (χ0) is 23.3. The SMILES string of the molecule is CCCCCCCCCCCCCCCC(=O)NC(C)Cc1ccc(C#CCNC)cc1. The van der Waals surface area contributed by atoms with Crippen LogP contribution in [0.3, 0.4) is 0 Å². The molecule has 0 saturated carbocycles. The number of hydrogen-bond donors (Lipinski definition) is 2. The minimum atomic E-state index is 0.158. The second kappa shape index (κ2) is 19.9. The first-order valence-corrected chi connectivity index (χ1v) is 13.2. The fourth-order valence-corrected chi connectivity index (χ4v) is 4.01. The Morgan fingerprint density at radius 1 is 0.844 bits per heavy atom. The number of carbonyl (C=O) groups is 1. The van der Waals surface area contributed by atoms with Crippen LogP contribution in [-0.4, -0.2) is 25.5 Å². The van der Waals surface area contributed by atoms with Crippen molar-refractivity contribution in [3.05, 3.63) is 35.4 Å². The number of amides is 1. The van der Waals surface area contributed by atoms with Crippen LogP contribution in [0.1, 0.15) is 115 Å². The molecule has 1 rings (SSSR count). The average molecular weight is 441 g/mol. The first-order chi connectivity index (χ1) is 15.7. The van der Waals surface area contributed by atoms with Gasteiger partial charge in [-0.05, 0) is 44.5 Å². The van der Waals surface area contributed by atoms with E-state index in [4.69, 9.17) is 0 Å². The molecular weight excluding hydrogens is 392 g/mol. The van der Waals surface area contributed by atoms with Gasteiger partial charge in [-0.2, -0.15) is 0 Å². The monoisotopic (exact) mass is 440 g/mol. The number of nitrogens with one attached hydrogen (secondary N) is 2. The van der Waals surface area contributed by atoms with E-state index in [2.05, 4.69) is 60.6 Å². The van der Waals surface area contributed by atoms with Crippen LogP contribution < -0.4 is 10.6 Å². The zero-order valence-electron chi connectivity index (χ0n) is 21.1. The molecule has 1 aromatic rings. The van der Waals surface area contributed by atoms with E-state index in [0.717, 1.165) is 18.4 Å². The lowest BCUT2D eigenvalue weighted by Crippen LogP contribution is -2.33. The molecule has 0 heterocycles. The van der Waals surface area contributed by atoms with E-state index < -0.39 is 0 Å². The third-order valence-electron chi connectivity index (χ3n) is 5.91. The van der Waals surface area contributed by atoms with Crippen molar-refractivity contribution in [3.8, 4) is 11.8 Å². The van der Waals surface area contributed by atoms with Gasteiger partial charge in [0.2, 0.25) is 5.91 Å². The van der Waals surface area contributed by atoms with Gasteiger partial charge in [0, 0.05) is 18.0 Å². The highest BCUT2D eigenvalue weighted by atomic mass is 16.1. The molecule has 180 valence electrons. The van der Waals surface area contributed by atoms with E-state index in [0.29, 0.717) is 13.0 Å². The molecule has 0 fully saturated rings. The largest absolute Gasteiger partial charge is 0.353 e. The molecule has 32 heavy (non-hydrogen) atoms. The van der Waals surface area contributed by atoms with Crippen LogP contribution in [-0.2, 0) is 11.2 Å². The lowest BCUT2D eigenvalue weighted by atomic mass is 10.0. The third kappa shape index (κ3) is 15.9. The van der Waals surface area contributed by atoms with Crippen molar-refractivity contribution < 1.29 is 4.79 Å². The van der Waals surface area contributed by atoms with E-state index in [1.807, 2.05) is 7.05 Å². The maximum atomic E-state index is 12.2. The minimum absolute atomic E-state index is 0.158. The number of unbranched alkanes of at least 4 members (excludes halogenated alkanes) is 12. The molecule has 0 radical (unpaired) electrons. The van der Waals surface area contributed by atoms with Crippen molar-refractivity contribution in [2.45, 2.75) is 116 Å². The Balaban J connectivity index is 2.01. The van der Waals surface area contributed by atoms with Crippen molar-refractivity contribution in [3.63, 3.8) is 0 Å². The molecule has 3 heteroatoms. The summed E-state index contributed by atoms with van der Waals surface area (Å²) in [5.74, 6) is 6.40. The van der Waals surface area contributed by atoms with Gasteiger partial charge in [0.25, 0.3) is 0 Å². The summed E-state index contributed by atoms with van der Waals surface area (Å²) >= 11 is 0. The first kappa shape index (κ1) is 28.2. The number of rotatable bonds is 18. The highest BCUT2D eigenvalue weighted by Gasteiger charge is 2.08. The third-order valence-corrected chi connectivity index (χ3v) is 5.91. The van der Waals surface area contributed by atoms with Crippen molar-refractivity contribution in [1.29, 1.82) is 0 Å². The maximum absolute atomic E-state index is 12.2. The molecule has 1 unspecified atom stereocenters. The Labute approximate surface area is 198 Å². The normalized spacial score (nSPS) is 11.6. The number of hydrogen-bond acceptors (Lipinski definition) is 2. The Morgan fingerprint density at radius 2 is 1.38 bits per heavy atom. The summed E-state index contributed by atoms with van der Waals surface area (Å²) in [5.41, 5.74) is 2.26. The Morgan fingerprint density at radius 3 is 1.91 bits per heavy atom. The molecule has 0 aromatic heterocycles. The van der Waals surface area contributed by atoms with Gasteiger partial charge in [-0.3, -0.25) is 4.79 Å². The summed E-state index contributed by atoms with van der Waals surface area (Å²) in [7, 11) is 1.90. The standard InChI is InChI=1S/C29H48N2O/c1-4-5-6-7-8-9-10-11-12-13-14-15-16-19-29(32)31-26(2)25-28-22-20-27(21-23-28)18-17-24-30-3/h20-23,26,30H,4-16,19,24-25H2,1-3H3,(H,31,32). The highest BCUT2D eigenvalue weighted by molar-refractivity contribution is 5.76. The fourth-order valence-electron chi connectivity index (χ4n) is 4.01.